The molecule has 0 spiro atoms. The second kappa shape index (κ2) is 7.22. The van der Waals surface area contributed by atoms with Crippen molar-refractivity contribution in [3.8, 4) is 0 Å². The summed E-state index contributed by atoms with van der Waals surface area (Å²) in [7, 11) is 0. The highest BCUT2D eigenvalue weighted by Gasteiger charge is 2.14. The van der Waals surface area contributed by atoms with Crippen LogP contribution in [0.5, 0.6) is 0 Å². The van der Waals surface area contributed by atoms with Crippen LogP contribution in [0.4, 0.5) is 5.69 Å². The van der Waals surface area contributed by atoms with E-state index in [-0.39, 0.29) is 37.5 Å². The molecule has 0 aliphatic rings. The third-order valence-corrected chi connectivity index (χ3v) is 2.72. The number of carboxylic acid groups (broad SMARTS) is 1. The fraction of sp³-hybridized carbons (Fsp3) is 0.545. The van der Waals surface area contributed by atoms with E-state index in [1.165, 1.54) is 15.8 Å². The predicted octanol–water partition coefficient (Wildman–Crippen LogP) is 0.505. The lowest BCUT2D eigenvalue weighted by Crippen LogP contribution is -2.33. The van der Waals surface area contributed by atoms with E-state index in [2.05, 4.69) is 5.10 Å². The fourth-order valence-electron chi connectivity index (χ4n) is 1.63. The van der Waals surface area contributed by atoms with Crippen LogP contribution < -0.4 is 0 Å². The lowest BCUT2D eigenvalue weighted by atomic mass is 10.3. The highest BCUT2D eigenvalue weighted by atomic mass is 16.6. The number of nitrogens with zero attached hydrogens (tertiary/aromatic N) is 4. The van der Waals surface area contributed by atoms with Crippen LogP contribution in [0.25, 0.3) is 0 Å². The Morgan fingerprint density at radius 3 is 2.70 bits per heavy atom. The maximum absolute atomic E-state index is 11.9. The second-order valence-corrected chi connectivity index (χ2v) is 4.09. The van der Waals surface area contributed by atoms with Gasteiger partial charge in [0.1, 0.15) is 12.4 Å². The van der Waals surface area contributed by atoms with Gasteiger partial charge in [-0.3, -0.25) is 24.4 Å². The van der Waals surface area contributed by atoms with Crippen LogP contribution in [-0.2, 0) is 16.1 Å². The van der Waals surface area contributed by atoms with E-state index in [1.54, 1.807) is 6.92 Å². The largest absolute Gasteiger partial charge is 0.481 e. The van der Waals surface area contributed by atoms with Gasteiger partial charge in [-0.05, 0) is 6.92 Å². The summed E-state index contributed by atoms with van der Waals surface area (Å²) < 4.78 is 1.32. The molecule has 9 nitrogen and oxygen atoms in total. The Labute approximate surface area is 114 Å². The van der Waals surface area contributed by atoms with Crippen molar-refractivity contribution in [2.75, 3.05) is 13.1 Å². The molecular formula is C11H16N4O5. The lowest BCUT2D eigenvalue weighted by Gasteiger charge is -2.19. The number of carbonyl (C=O) groups excluding carboxylic acids is 1. The number of aliphatic carboxylic acids is 1. The Kier molecular flexibility index (Phi) is 5.63. The molecule has 110 valence electrons. The summed E-state index contributed by atoms with van der Waals surface area (Å²) in [6, 6.07) is 0. The standard InChI is InChI=1S/C11H16N4O5/c1-2-13(5-4-11(17)18)10(16)3-6-14-8-9(7-12-14)15(19)20/h7-8H,2-6H2,1H3,(H,17,18). The van der Waals surface area contributed by atoms with Gasteiger partial charge in [-0.15, -0.1) is 0 Å². The van der Waals surface area contributed by atoms with Gasteiger partial charge in [-0.2, -0.15) is 5.10 Å². The summed E-state index contributed by atoms with van der Waals surface area (Å²) >= 11 is 0. The number of hydrogen-bond acceptors (Lipinski definition) is 5. The van der Waals surface area contributed by atoms with Crippen LogP contribution in [0.15, 0.2) is 12.4 Å². The first-order valence-electron chi connectivity index (χ1n) is 6.10. The molecule has 20 heavy (non-hydrogen) atoms. The third kappa shape index (κ3) is 4.67. The minimum atomic E-state index is -0.959. The topological polar surface area (TPSA) is 119 Å². The summed E-state index contributed by atoms with van der Waals surface area (Å²) in [5.41, 5.74) is -0.129. The van der Waals surface area contributed by atoms with E-state index >= 15 is 0 Å². The lowest BCUT2D eigenvalue weighted by molar-refractivity contribution is -0.385. The van der Waals surface area contributed by atoms with Gasteiger partial charge in [-0.25, -0.2) is 0 Å². The molecule has 0 saturated heterocycles. The van der Waals surface area contributed by atoms with Crippen molar-refractivity contribution < 1.29 is 19.6 Å². The molecule has 1 aromatic rings. The molecule has 0 aliphatic heterocycles. The predicted molar refractivity (Wildman–Crippen MR) is 68.0 cm³/mol. The first-order chi connectivity index (χ1) is 9.43. The number of nitro groups is 1. The molecule has 0 atom stereocenters. The molecular weight excluding hydrogens is 268 g/mol. The van der Waals surface area contributed by atoms with Crippen LogP contribution >= 0.6 is 0 Å². The summed E-state index contributed by atoms with van der Waals surface area (Å²) in [4.78, 5) is 33.7. The molecule has 0 unspecified atom stereocenters. The van der Waals surface area contributed by atoms with E-state index < -0.39 is 10.9 Å². The van der Waals surface area contributed by atoms with Gasteiger partial charge in [0.05, 0.1) is 11.3 Å². The highest BCUT2D eigenvalue weighted by Crippen LogP contribution is 2.08. The second-order valence-electron chi connectivity index (χ2n) is 4.09. The first kappa shape index (κ1) is 15.6. The Morgan fingerprint density at radius 2 is 2.20 bits per heavy atom. The van der Waals surface area contributed by atoms with E-state index in [9.17, 15) is 19.7 Å². The van der Waals surface area contributed by atoms with Gasteiger partial charge in [0.25, 0.3) is 0 Å². The molecule has 0 aliphatic carbocycles. The molecule has 1 rings (SSSR count). The molecule has 1 amide bonds. The zero-order valence-corrected chi connectivity index (χ0v) is 11.1. The van der Waals surface area contributed by atoms with Gasteiger partial charge in [0.15, 0.2) is 0 Å². The van der Waals surface area contributed by atoms with Crippen molar-refractivity contribution in [3.05, 3.63) is 22.5 Å². The van der Waals surface area contributed by atoms with Gasteiger partial charge < -0.3 is 10.0 Å². The Balaban J connectivity index is 2.47. The van der Waals surface area contributed by atoms with Crippen LogP contribution in [0.1, 0.15) is 19.8 Å². The zero-order valence-electron chi connectivity index (χ0n) is 11.1. The average molecular weight is 284 g/mol. The summed E-state index contributed by atoms with van der Waals surface area (Å²) in [6.07, 6.45) is 2.38. The van der Waals surface area contributed by atoms with Gasteiger partial charge >= 0.3 is 11.7 Å². The van der Waals surface area contributed by atoms with E-state index in [0.717, 1.165) is 6.20 Å². The van der Waals surface area contributed by atoms with Crippen molar-refractivity contribution in [3.63, 3.8) is 0 Å². The van der Waals surface area contributed by atoms with Crippen molar-refractivity contribution in [1.29, 1.82) is 0 Å². The minimum Gasteiger partial charge on any atom is -0.481 e. The number of aryl methyl sites for hydroxylation is 1. The summed E-state index contributed by atoms with van der Waals surface area (Å²) in [6.45, 7) is 2.56. The normalized spacial score (nSPS) is 10.2. The van der Waals surface area contributed by atoms with Crippen LogP contribution in [0, 0.1) is 10.1 Å². The van der Waals surface area contributed by atoms with Crippen LogP contribution in [0.2, 0.25) is 0 Å². The third-order valence-electron chi connectivity index (χ3n) is 2.72. The Hall–Kier alpha value is -2.45. The molecule has 0 aromatic carbocycles. The molecule has 0 saturated carbocycles. The molecule has 1 aromatic heterocycles. The van der Waals surface area contributed by atoms with Crippen LogP contribution in [-0.4, -0.2) is 49.7 Å². The maximum Gasteiger partial charge on any atom is 0.306 e. The highest BCUT2D eigenvalue weighted by molar-refractivity contribution is 5.76. The number of hydrogen-bond donors (Lipinski definition) is 1. The summed E-state index contributed by atoms with van der Waals surface area (Å²) in [5.74, 6) is -1.16. The number of amides is 1. The Morgan fingerprint density at radius 1 is 1.50 bits per heavy atom. The molecule has 0 bridgehead atoms. The smallest absolute Gasteiger partial charge is 0.306 e. The summed E-state index contributed by atoms with van der Waals surface area (Å²) in [5, 5.41) is 22.8. The van der Waals surface area contributed by atoms with Gasteiger partial charge in [-0.1, -0.05) is 0 Å². The van der Waals surface area contributed by atoms with E-state index in [0.29, 0.717) is 6.54 Å². The molecule has 1 heterocycles. The van der Waals surface area contributed by atoms with Gasteiger partial charge in [0, 0.05) is 26.1 Å². The minimum absolute atomic E-state index is 0.104. The first-order valence-corrected chi connectivity index (χ1v) is 6.10. The van der Waals surface area contributed by atoms with Gasteiger partial charge in [0.2, 0.25) is 5.91 Å². The van der Waals surface area contributed by atoms with Crippen molar-refractivity contribution in [1.82, 2.24) is 14.7 Å². The maximum atomic E-state index is 11.9. The average Bonchev–Trinajstić information content (AvgIpc) is 2.85. The number of aromatic nitrogens is 2. The van der Waals surface area contributed by atoms with Crippen molar-refractivity contribution >= 4 is 17.6 Å². The quantitative estimate of drug-likeness (QED) is 0.548. The van der Waals surface area contributed by atoms with E-state index in [1.807, 2.05) is 0 Å². The monoisotopic (exact) mass is 284 g/mol. The number of carbonyl (C=O) groups is 2. The zero-order chi connectivity index (χ0) is 15.1. The van der Waals surface area contributed by atoms with Crippen molar-refractivity contribution in [2.45, 2.75) is 26.3 Å². The molecule has 9 heteroatoms. The molecule has 1 N–H and O–H groups in total. The number of carboxylic acids is 1. The Bertz CT molecular complexity index is 499. The van der Waals surface area contributed by atoms with Crippen molar-refractivity contribution in [2.24, 2.45) is 0 Å². The molecule has 0 fully saturated rings. The number of rotatable bonds is 8. The van der Waals surface area contributed by atoms with Crippen LogP contribution in [0.3, 0.4) is 0 Å². The van der Waals surface area contributed by atoms with E-state index in [4.69, 9.17) is 5.11 Å². The SMILES string of the molecule is CCN(CCC(=O)O)C(=O)CCn1cc([N+](=O)[O-])cn1. The fourth-order valence-corrected chi connectivity index (χ4v) is 1.63. The molecule has 0 radical (unpaired) electrons.